The van der Waals surface area contributed by atoms with Crippen molar-refractivity contribution in [3.8, 4) is 17.3 Å². The number of aromatic nitrogens is 2. The monoisotopic (exact) mass is 511 g/mol. The Morgan fingerprint density at radius 2 is 2.03 bits per heavy atom. The highest BCUT2D eigenvalue weighted by Crippen LogP contribution is 2.35. The molecule has 1 fully saturated rings. The molecule has 192 valence electrons. The van der Waals surface area contributed by atoms with Gasteiger partial charge in [-0.05, 0) is 44.0 Å². The number of aryl methyl sites for hydroxylation is 1. The van der Waals surface area contributed by atoms with Gasteiger partial charge in [0.2, 0.25) is 5.88 Å². The average Bonchev–Trinajstić information content (AvgIpc) is 3.49. The smallest absolute Gasteiger partial charge is 0.227 e. The molecule has 1 aliphatic rings. The molecule has 8 heteroatoms. The number of para-hydroxylation sites is 2. The van der Waals surface area contributed by atoms with Gasteiger partial charge in [0.15, 0.2) is 0 Å². The number of ether oxygens (including phenoxy) is 3. The minimum Gasteiger partial charge on any atom is -0.437 e. The predicted octanol–water partition coefficient (Wildman–Crippen LogP) is 5.17. The molecule has 2 unspecified atom stereocenters. The second-order valence-corrected chi connectivity index (χ2v) is 9.37. The summed E-state index contributed by atoms with van der Waals surface area (Å²) in [7, 11) is 0. The molecule has 4 rings (SSSR count). The highest BCUT2D eigenvalue weighted by molar-refractivity contribution is 6.32. The summed E-state index contributed by atoms with van der Waals surface area (Å²) < 4.78 is 19.6. The highest BCUT2D eigenvalue weighted by atomic mass is 35.5. The minimum absolute atomic E-state index is 0.128. The summed E-state index contributed by atoms with van der Waals surface area (Å²) in [6.45, 7) is 8.70. The minimum atomic E-state index is -0.649. The topological polar surface area (TPSA) is 69.0 Å². The van der Waals surface area contributed by atoms with Gasteiger partial charge in [-0.1, -0.05) is 48.0 Å². The molecule has 0 spiro atoms. The molecule has 2 atom stereocenters. The van der Waals surface area contributed by atoms with Crippen LogP contribution in [0.25, 0.3) is 5.69 Å². The fourth-order valence-electron chi connectivity index (χ4n) is 4.34. The second kappa shape index (κ2) is 13.0. The van der Waals surface area contributed by atoms with Crippen LogP contribution in [0.1, 0.15) is 24.1 Å². The molecular weight excluding hydrogens is 478 g/mol. The maximum absolute atomic E-state index is 10.7. The van der Waals surface area contributed by atoms with E-state index in [0.29, 0.717) is 42.9 Å². The summed E-state index contributed by atoms with van der Waals surface area (Å²) >= 11 is 6.44. The van der Waals surface area contributed by atoms with Gasteiger partial charge in [-0.15, -0.1) is 6.58 Å². The number of rotatable bonds is 13. The SMILES string of the molecule is C=CCOCC(O)CN(Cc1c(C)nn(-c2ccccc2)c1Oc1ccccc1Cl)CC1CCCO1. The van der Waals surface area contributed by atoms with Crippen molar-refractivity contribution in [3.05, 3.63) is 83.5 Å². The van der Waals surface area contributed by atoms with Crippen molar-refractivity contribution in [2.75, 3.05) is 32.9 Å². The lowest BCUT2D eigenvalue weighted by molar-refractivity contribution is 0.00836. The normalized spacial score (nSPS) is 16.4. The molecule has 7 nitrogen and oxygen atoms in total. The van der Waals surface area contributed by atoms with E-state index in [1.54, 1.807) is 12.1 Å². The Bertz CT molecular complexity index is 1120. The Morgan fingerprint density at radius 1 is 1.25 bits per heavy atom. The lowest BCUT2D eigenvalue weighted by atomic mass is 10.1. The third-order valence-electron chi connectivity index (χ3n) is 6.06. The number of aliphatic hydroxyl groups excluding tert-OH is 1. The van der Waals surface area contributed by atoms with Crippen LogP contribution in [0.3, 0.4) is 0 Å². The average molecular weight is 512 g/mol. The summed E-state index contributed by atoms with van der Waals surface area (Å²) in [5, 5.41) is 16.0. The molecule has 0 aliphatic carbocycles. The third-order valence-corrected chi connectivity index (χ3v) is 6.38. The quantitative estimate of drug-likeness (QED) is 0.252. The van der Waals surface area contributed by atoms with Crippen LogP contribution in [0.2, 0.25) is 5.02 Å². The summed E-state index contributed by atoms with van der Waals surface area (Å²) in [5.74, 6) is 1.16. The van der Waals surface area contributed by atoms with Gasteiger partial charge in [-0.3, -0.25) is 4.90 Å². The molecule has 0 bridgehead atoms. The second-order valence-electron chi connectivity index (χ2n) is 8.96. The Morgan fingerprint density at radius 3 is 2.75 bits per heavy atom. The largest absolute Gasteiger partial charge is 0.437 e. The summed E-state index contributed by atoms with van der Waals surface area (Å²) in [6.07, 6.45) is 3.21. The summed E-state index contributed by atoms with van der Waals surface area (Å²) in [5.41, 5.74) is 2.66. The van der Waals surface area contributed by atoms with Gasteiger partial charge in [-0.2, -0.15) is 5.10 Å². The molecule has 0 saturated carbocycles. The van der Waals surface area contributed by atoms with Gasteiger partial charge >= 0.3 is 0 Å². The van der Waals surface area contributed by atoms with Crippen LogP contribution in [0.5, 0.6) is 11.6 Å². The van der Waals surface area contributed by atoms with E-state index in [1.807, 2.05) is 60.1 Å². The molecule has 1 N–H and O–H groups in total. The zero-order valence-electron chi connectivity index (χ0n) is 20.7. The molecule has 0 amide bonds. The first kappa shape index (κ1) is 26.4. The van der Waals surface area contributed by atoms with Crippen LogP contribution in [0, 0.1) is 6.92 Å². The number of hydrogen-bond acceptors (Lipinski definition) is 6. The number of halogens is 1. The van der Waals surface area contributed by atoms with Crippen molar-refractivity contribution in [2.45, 2.75) is 38.5 Å². The Kier molecular flexibility index (Phi) is 9.55. The van der Waals surface area contributed by atoms with Crippen molar-refractivity contribution >= 4 is 11.6 Å². The van der Waals surface area contributed by atoms with E-state index in [-0.39, 0.29) is 12.7 Å². The Hall–Kier alpha value is -2.68. The molecule has 2 heterocycles. The number of nitrogens with zero attached hydrogens (tertiary/aromatic N) is 3. The summed E-state index contributed by atoms with van der Waals surface area (Å²) in [6, 6.07) is 17.3. The maximum Gasteiger partial charge on any atom is 0.227 e. The molecular formula is C28H34ClN3O4. The van der Waals surface area contributed by atoms with Crippen LogP contribution in [-0.4, -0.2) is 64.9 Å². The zero-order valence-corrected chi connectivity index (χ0v) is 21.4. The summed E-state index contributed by atoms with van der Waals surface area (Å²) in [4.78, 5) is 2.19. The van der Waals surface area contributed by atoms with E-state index in [0.717, 1.165) is 36.4 Å². The van der Waals surface area contributed by atoms with Crippen molar-refractivity contribution in [2.24, 2.45) is 0 Å². The van der Waals surface area contributed by atoms with Crippen LogP contribution < -0.4 is 4.74 Å². The van der Waals surface area contributed by atoms with E-state index >= 15 is 0 Å². The lowest BCUT2D eigenvalue weighted by Crippen LogP contribution is -2.39. The van der Waals surface area contributed by atoms with Crippen LogP contribution in [0.15, 0.2) is 67.3 Å². The van der Waals surface area contributed by atoms with E-state index < -0.39 is 6.10 Å². The van der Waals surface area contributed by atoms with Gasteiger partial charge in [-0.25, -0.2) is 4.68 Å². The first-order chi connectivity index (χ1) is 17.5. The van der Waals surface area contributed by atoms with Gasteiger partial charge in [0, 0.05) is 26.2 Å². The molecule has 1 saturated heterocycles. The van der Waals surface area contributed by atoms with E-state index in [1.165, 1.54) is 0 Å². The Balaban J connectivity index is 1.65. The Labute approximate surface area is 217 Å². The molecule has 1 aromatic heterocycles. The van der Waals surface area contributed by atoms with Crippen molar-refractivity contribution in [1.82, 2.24) is 14.7 Å². The number of aliphatic hydroxyl groups is 1. The van der Waals surface area contributed by atoms with Crippen molar-refractivity contribution < 1.29 is 19.3 Å². The fraction of sp³-hybridized carbons (Fsp3) is 0.393. The number of hydrogen-bond donors (Lipinski definition) is 1. The van der Waals surface area contributed by atoms with Crippen molar-refractivity contribution in [3.63, 3.8) is 0 Å². The predicted molar refractivity (Wildman–Crippen MR) is 141 cm³/mol. The molecule has 36 heavy (non-hydrogen) atoms. The van der Waals surface area contributed by atoms with Gasteiger partial charge in [0.25, 0.3) is 0 Å². The first-order valence-electron chi connectivity index (χ1n) is 12.3. The molecule has 1 aliphatic heterocycles. The highest BCUT2D eigenvalue weighted by Gasteiger charge is 2.26. The fourth-order valence-corrected chi connectivity index (χ4v) is 4.52. The van der Waals surface area contributed by atoms with Gasteiger partial charge < -0.3 is 19.3 Å². The van der Waals surface area contributed by atoms with E-state index in [9.17, 15) is 5.11 Å². The first-order valence-corrected chi connectivity index (χ1v) is 12.7. The number of benzene rings is 2. The van der Waals surface area contributed by atoms with Crippen LogP contribution in [0.4, 0.5) is 0 Å². The zero-order chi connectivity index (χ0) is 25.3. The third kappa shape index (κ3) is 6.96. The molecule has 2 aromatic carbocycles. The van der Waals surface area contributed by atoms with Crippen LogP contribution in [-0.2, 0) is 16.0 Å². The maximum atomic E-state index is 10.7. The lowest BCUT2D eigenvalue weighted by Gasteiger charge is -2.27. The van der Waals surface area contributed by atoms with Crippen molar-refractivity contribution in [1.29, 1.82) is 0 Å². The van der Waals surface area contributed by atoms with Gasteiger partial charge in [0.1, 0.15) is 5.75 Å². The van der Waals surface area contributed by atoms with Crippen LogP contribution >= 0.6 is 11.6 Å². The standard InChI is InChI=1S/C28H34ClN3O4/c1-3-15-34-20-23(33)17-31(18-24-12-9-16-35-24)19-25-21(2)30-32(22-10-5-4-6-11-22)28(25)36-27-14-8-7-13-26(27)29/h3-8,10-11,13-14,23-24,33H,1,9,12,15-20H2,2H3. The van der Waals surface area contributed by atoms with Gasteiger partial charge in [0.05, 0.1) is 47.4 Å². The van der Waals surface area contributed by atoms with E-state index in [4.69, 9.17) is 30.9 Å². The molecule has 3 aromatic rings. The molecule has 0 radical (unpaired) electrons. The van der Waals surface area contributed by atoms with E-state index in [2.05, 4.69) is 11.5 Å².